The van der Waals surface area contributed by atoms with Gasteiger partial charge in [-0.3, -0.25) is 4.90 Å². The van der Waals surface area contributed by atoms with Gasteiger partial charge in [0.15, 0.2) is 11.5 Å². The molecule has 0 bridgehead atoms. The largest absolute Gasteiger partial charge is 0.503 e. The summed E-state index contributed by atoms with van der Waals surface area (Å²) in [7, 11) is -2.36. The molecule has 4 rings (SSSR count). The van der Waals surface area contributed by atoms with E-state index in [2.05, 4.69) is 17.5 Å². The van der Waals surface area contributed by atoms with E-state index in [9.17, 15) is 13.5 Å². The second-order valence-electron chi connectivity index (χ2n) is 7.22. The lowest BCUT2D eigenvalue weighted by atomic mass is 10.1. The normalized spacial score (nSPS) is 17.5. The van der Waals surface area contributed by atoms with E-state index in [0.29, 0.717) is 0 Å². The number of ether oxygens (including phenoxy) is 1. The van der Waals surface area contributed by atoms with Gasteiger partial charge < -0.3 is 9.84 Å². The molecular formula is C20H23NO4S2. The highest BCUT2D eigenvalue weighted by Crippen LogP contribution is 2.42. The second kappa shape index (κ2) is 6.96. The number of phenols is 1. The number of fused-ring (bicyclic) bond motifs is 1. The first kappa shape index (κ1) is 18.5. The van der Waals surface area contributed by atoms with Crippen molar-refractivity contribution in [3.05, 3.63) is 40.6 Å². The van der Waals surface area contributed by atoms with Gasteiger partial charge in [0, 0.05) is 34.8 Å². The van der Waals surface area contributed by atoms with Crippen molar-refractivity contribution in [3.8, 4) is 21.9 Å². The standard InChI is InChI=1S/C20H23NO4S2/c1-3-27(23,24)19-10-14(8-16(25-2)20(19)22)18-9-15-12-21(11-13-4-5-13)7-6-17(15)26-18/h3,8-10,13,22H,1,4-7,11-12H2,2H3. The fourth-order valence-corrected chi connectivity index (χ4v) is 5.53. The highest BCUT2D eigenvalue weighted by atomic mass is 32.2. The van der Waals surface area contributed by atoms with Crippen LogP contribution in [0.3, 0.4) is 0 Å². The molecule has 144 valence electrons. The van der Waals surface area contributed by atoms with E-state index in [1.165, 1.54) is 43.0 Å². The predicted octanol–water partition coefficient (Wildman–Crippen LogP) is 3.81. The Balaban J connectivity index is 1.71. The first-order valence-electron chi connectivity index (χ1n) is 9.04. The average molecular weight is 406 g/mol. The number of benzene rings is 1. The van der Waals surface area contributed by atoms with Crippen molar-refractivity contribution in [1.29, 1.82) is 0 Å². The maximum atomic E-state index is 12.3. The van der Waals surface area contributed by atoms with Crippen molar-refractivity contribution in [2.75, 3.05) is 20.2 Å². The number of methoxy groups -OCH3 is 1. The van der Waals surface area contributed by atoms with Gasteiger partial charge in [0.1, 0.15) is 4.90 Å². The molecule has 1 N–H and O–H groups in total. The van der Waals surface area contributed by atoms with Gasteiger partial charge in [-0.2, -0.15) is 0 Å². The molecule has 5 nitrogen and oxygen atoms in total. The summed E-state index contributed by atoms with van der Waals surface area (Å²) in [5.41, 5.74) is 2.06. The summed E-state index contributed by atoms with van der Waals surface area (Å²) in [6.45, 7) is 6.57. The number of aromatic hydroxyl groups is 1. The van der Waals surface area contributed by atoms with Crippen molar-refractivity contribution in [3.63, 3.8) is 0 Å². The maximum Gasteiger partial charge on any atom is 0.203 e. The number of hydrogen-bond donors (Lipinski definition) is 1. The number of phenolic OH excluding ortho intramolecular Hbond substituents is 1. The molecule has 1 aliphatic carbocycles. The molecule has 2 heterocycles. The van der Waals surface area contributed by atoms with Gasteiger partial charge in [0.25, 0.3) is 0 Å². The van der Waals surface area contributed by atoms with Gasteiger partial charge >= 0.3 is 0 Å². The van der Waals surface area contributed by atoms with Crippen LogP contribution in [0.2, 0.25) is 0 Å². The molecule has 1 aromatic carbocycles. The van der Waals surface area contributed by atoms with Crippen LogP contribution in [0.4, 0.5) is 0 Å². The quantitative estimate of drug-likeness (QED) is 0.791. The van der Waals surface area contributed by atoms with E-state index in [1.54, 1.807) is 17.4 Å². The Morgan fingerprint density at radius 1 is 1.37 bits per heavy atom. The Bertz CT molecular complexity index is 990. The molecule has 0 spiro atoms. The molecular weight excluding hydrogens is 382 g/mol. The van der Waals surface area contributed by atoms with Gasteiger partial charge in [-0.15, -0.1) is 11.3 Å². The molecule has 1 aromatic heterocycles. The Hall–Kier alpha value is -1.83. The van der Waals surface area contributed by atoms with E-state index in [-0.39, 0.29) is 16.4 Å². The molecule has 0 amide bonds. The van der Waals surface area contributed by atoms with Gasteiger partial charge in [-0.05, 0) is 54.5 Å². The van der Waals surface area contributed by atoms with Crippen LogP contribution in [0.25, 0.3) is 10.4 Å². The van der Waals surface area contributed by atoms with Crippen molar-refractivity contribution in [1.82, 2.24) is 4.90 Å². The molecule has 0 saturated heterocycles. The molecule has 1 fully saturated rings. The van der Waals surface area contributed by atoms with E-state index in [4.69, 9.17) is 4.74 Å². The van der Waals surface area contributed by atoms with Crippen LogP contribution in [-0.2, 0) is 22.8 Å². The molecule has 2 aliphatic rings. The summed E-state index contributed by atoms with van der Waals surface area (Å²) in [6, 6.07) is 5.35. The smallest absolute Gasteiger partial charge is 0.203 e. The predicted molar refractivity (Wildman–Crippen MR) is 107 cm³/mol. The molecule has 7 heteroatoms. The molecule has 27 heavy (non-hydrogen) atoms. The molecule has 1 saturated carbocycles. The van der Waals surface area contributed by atoms with Crippen molar-refractivity contribution in [2.45, 2.75) is 30.7 Å². The first-order valence-corrected chi connectivity index (χ1v) is 11.4. The average Bonchev–Trinajstić information content (AvgIpc) is 3.37. The van der Waals surface area contributed by atoms with E-state index in [1.807, 2.05) is 0 Å². The molecule has 0 atom stereocenters. The summed E-state index contributed by atoms with van der Waals surface area (Å²) < 4.78 is 29.8. The van der Waals surface area contributed by atoms with E-state index < -0.39 is 9.84 Å². The van der Waals surface area contributed by atoms with Crippen molar-refractivity contribution >= 4 is 21.2 Å². The Labute approximate surface area is 163 Å². The van der Waals surface area contributed by atoms with Gasteiger partial charge in [0.2, 0.25) is 9.84 Å². The van der Waals surface area contributed by atoms with Crippen LogP contribution in [0, 0.1) is 5.92 Å². The zero-order valence-corrected chi connectivity index (χ0v) is 16.9. The van der Waals surface area contributed by atoms with Crippen LogP contribution in [-0.4, -0.2) is 38.6 Å². The third kappa shape index (κ3) is 3.63. The van der Waals surface area contributed by atoms with Crippen molar-refractivity contribution < 1.29 is 18.3 Å². The SMILES string of the molecule is C=CS(=O)(=O)c1cc(-c2cc3c(s2)CCN(CC2CC2)C3)cc(OC)c1O. The minimum atomic E-state index is -3.78. The van der Waals surface area contributed by atoms with Crippen LogP contribution < -0.4 is 4.74 Å². The number of nitrogens with zero attached hydrogens (tertiary/aromatic N) is 1. The minimum Gasteiger partial charge on any atom is -0.503 e. The lowest BCUT2D eigenvalue weighted by Gasteiger charge is -2.26. The Morgan fingerprint density at radius 3 is 2.81 bits per heavy atom. The van der Waals surface area contributed by atoms with Gasteiger partial charge in [-0.1, -0.05) is 6.58 Å². The molecule has 2 aromatic rings. The van der Waals surface area contributed by atoms with E-state index >= 15 is 0 Å². The minimum absolute atomic E-state index is 0.148. The third-order valence-electron chi connectivity index (χ3n) is 5.23. The second-order valence-corrected chi connectivity index (χ2v) is 10.2. The number of sulfone groups is 1. The number of hydrogen-bond acceptors (Lipinski definition) is 6. The monoisotopic (exact) mass is 405 g/mol. The molecule has 1 aliphatic heterocycles. The third-order valence-corrected chi connectivity index (χ3v) is 7.88. The van der Waals surface area contributed by atoms with Crippen molar-refractivity contribution in [2.24, 2.45) is 5.92 Å². The zero-order valence-electron chi connectivity index (χ0n) is 15.3. The van der Waals surface area contributed by atoms with Crippen LogP contribution >= 0.6 is 11.3 Å². The highest BCUT2D eigenvalue weighted by molar-refractivity contribution is 7.94. The summed E-state index contributed by atoms with van der Waals surface area (Å²) >= 11 is 1.69. The molecule has 0 radical (unpaired) electrons. The lowest BCUT2D eigenvalue weighted by molar-refractivity contribution is 0.246. The topological polar surface area (TPSA) is 66.8 Å². The molecule has 0 unspecified atom stereocenters. The summed E-state index contributed by atoms with van der Waals surface area (Å²) in [5.74, 6) is 0.644. The van der Waals surface area contributed by atoms with Crippen LogP contribution in [0.15, 0.2) is 35.1 Å². The Morgan fingerprint density at radius 2 is 2.15 bits per heavy atom. The number of rotatable bonds is 6. The van der Waals surface area contributed by atoms with Crippen LogP contribution in [0.5, 0.6) is 11.5 Å². The first-order chi connectivity index (χ1) is 12.9. The summed E-state index contributed by atoms with van der Waals surface area (Å²) in [4.78, 5) is 4.69. The maximum absolute atomic E-state index is 12.3. The van der Waals surface area contributed by atoms with Crippen LogP contribution in [0.1, 0.15) is 23.3 Å². The fraction of sp³-hybridized carbons (Fsp3) is 0.400. The van der Waals surface area contributed by atoms with Gasteiger partial charge in [-0.25, -0.2) is 8.42 Å². The summed E-state index contributed by atoms with van der Waals surface area (Å²) in [5, 5.41) is 11.1. The zero-order chi connectivity index (χ0) is 19.2. The Kier molecular flexibility index (Phi) is 4.78. The van der Waals surface area contributed by atoms with Gasteiger partial charge in [0.05, 0.1) is 7.11 Å². The van der Waals surface area contributed by atoms with E-state index in [0.717, 1.165) is 41.3 Å². The number of thiophene rings is 1. The highest BCUT2D eigenvalue weighted by Gasteiger charge is 2.28. The summed E-state index contributed by atoms with van der Waals surface area (Å²) in [6.07, 6.45) is 3.73. The fourth-order valence-electron chi connectivity index (χ4n) is 3.54. The lowest BCUT2D eigenvalue weighted by Crippen LogP contribution is -2.31.